The SMILES string of the molecule is CC(NCC1CCOC1)C(=O)NCC(F)(F)F. The predicted molar refractivity (Wildman–Crippen MR) is 55.5 cm³/mol. The first kappa shape index (κ1) is 14.2. The number of hydrogen-bond donors (Lipinski definition) is 2. The molecular weight excluding hydrogens is 237 g/mol. The molecule has 4 nitrogen and oxygen atoms in total. The van der Waals surface area contributed by atoms with Crippen LogP contribution in [-0.2, 0) is 9.53 Å². The van der Waals surface area contributed by atoms with E-state index < -0.39 is 24.7 Å². The van der Waals surface area contributed by atoms with Gasteiger partial charge in [-0.25, -0.2) is 0 Å². The van der Waals surface area contributed by atoms with Crippen molar-refractivity contribution in [2.24, 2.45) is 5.92 Å². The molecule has 1 aliphatic rings. The van der Waals surface area contributed by atoms with E-state index in [4.69, 9.17) is 4.74 Å². The Morgan fingerprint density at radius 2 is 2.24 bits per heavy atom. The lowest BCUT2D eigenvalue weighted by molar-refractivity contribution is -0.139. The molecule has 2 N–H and O–H groups in total. The minimum Gasteiger partial charge on any atom is -0.381 e. The van der Waals surface area contributed by atoms with Gasteiger partial charge in [0.2, 0.25) is 5.91 Å². The topological polar surface area (TPSA) is 50.4 Å². The van der Waals surface area contributed by atoms with E-state index in [0.29, 0.717) is 25.7 Å². The Balaban J connectivity index is 2.17. The number of amides is 1. The van der Waals surface area contributed by atoms with Gasteiger partial charge in [-0.15, -0.1) is 0 Å². The van der Waals surface area contributed by atoms with Crippen LogP contribution in [0.1, 0.15) is 13.3 Å². The highest BCUT2D eigenvalue weighted by Gasteiger charge is 2.28. The summed E-state index contributed by atoms with van der Waals surface area (Å²) in [7, 11) is 0. The lowest BCUT2D eigenvalue weighted by atomic mass is 10.1. The van der Waals surface area contributed by atoms with Crippen molar-refractivity contribution in [1.29, 1.82) is 0 Å². The number of nitrogens with one attached hydrogen (secondary N) is 2. The molecule has 0 radical (unpaired) electrons. The molecule has 1 aliphatic heterocycles. The largest absolute Gasteiger partial charge is 0.405 e. The Labute approximate surface area is 97.9 Å². The molecule has 0 spiro atoms. The van der Waals surface area contributed by atoms with Crippen molar-refractivity contribution in [1.82, 2.24) is 10.6 Å². The van der Waals surface area contributed by atoms with Crippen LogP contribution in [0.3, 0.4) is 0 Å². The summed E-state index contributed by atoms with van der Waals surface area (Å²) in [5.41, 5.74) is 0. The Kier molecular flexibility index (Phi) is 5.20. The minimum absolute atomic E-state index is 0.341. The van der Waals surface area contributed by atoms with Crippen LogP contribution in [0.25, 0.3) is 0 Å². The molecule has 2 unspecified atom stereocenters. The van der Waals surface area contributed by atoms with Gasteiger partial charge in [0, 0.05) is 13.2 Å². The van der Waals surface area contributed by atoms with E-state index in [9.17, 15) is 18.0 Å². The fraction of sp³-hybridized carbons (Fsp3) is 0.900. The van der Waals surface area contributed by atoms with Crippen LogP contribution in [0.15, 0.2) is 0 Å². The van der Waals surface area contributed by atoms with Gasteiger partial charge in [-0.2, -0.15) is 13.2 Å². The number of ether oxygens (including phenoxy) is 1. The van der Waals surface area contributed by atoms with E-state index in [2.05, 4.69) is 5.32 Å². The summed E-state index contributed by atoms with van der Waals surface area (Å²) in [6, 6.07) is -0.627. The number of hydrogen-bond acceptors (Lipinski definition) is 3. The molecular formula is C10H17F3N2O2. The van der Waals surface area contributed by atoms with Crippen molar-refractivity contribution in [3.63, 3.8) is 0 Å². The molecule has 100 valence electrons. The molecule has 0 bridgehead atoms. The molecule has 1 fully saturated rings. The fourth-order valence-corrected chi connectivity index (χ4v) is 1.52. The molecule has 0 aromatic heterocycles. The second-order valence-corrected chi connectivity index (χ2v) is 4.19. The van der Waals surface area contributed by atoms with Gasteiger partial charge in [0.25, 0.3) is 0 Å². The number of carbonyl (C=O) groups excluding carboxylic acids is 1. The van der Waals surface area contributed by atoms with Gasteiger partial charge in [0.15, 0.2) is 0 Å². The molecule has 17 heavy (non-hydrogen) atoms. The highest BCUT2D eigenvalue weighted by atomic mass is 19.4. The Hall–Kier alpha value is -0.820. The molecule has 0 saturated carbocycles. The molecule has 1 saturated heterocycles. The first-order valence-corrected chi connectivity index (χ1v) is 5.54. The third-order valence-electron chi connectivity index (χ3n) is 2.59. The molecule has 1 rings (SSSR count). The maximum absolute atomic E-state index is 11.9. The van der Waals surface area contributed by atoms with Gasteiger partial charge in [0.05, 0.1) is 12.6 Å². The smallest absolute Gasteiger partial charge is 0.381 e. The number of alkyl halides is 3. The van der Waals surface area contributed by atoms with E-state index >= 15 is 0 Å². The molecule has 0 aromatic rings. The summed E-state index contributed by atoms with van der Waals surface area (Å²) in [6.07, 6.45) is -3.45. The monoisotopic (exact) mass is 254 g/mol. The van der Waals surface area contributed by atoms with Gasteiger partial charge >= 0.3 is 6.18 Å². The van der Waals surface area contributed by atoms with Crippen molar-refractivity contribution in [2.75, 3.05) is 26.3 Å². The summed E-state index contributed by atoms with van der Waals surface area (Å²) in [4.78, 5) is 11.3. The van der Waals surface area contributed by atoms with Crippen molar-refractivity contribution in [3.8, 4) is 0 Å². The fourth-order valence-electron chi connectivity index (χ4n) is 1.52. The quantitative estimate of drug-likeness (QED) is 0.758. The first-order valence-electron chi connectivity index (χ1n) is 5.54. The summed E-state index contributed by atoms with van der Waals surface area (Å²) in [5, 5.41) is 4.74. The minimum atomic E-state index is -4.37. The van der Waals surface area contributed by atoms with E-state index in [1.807, 2.05) is 5.32 Å². The number of carbonyl (C=O) groups is 1. The van der Waals surface area contributed by atoms with E-state index in [-0.39, 0.29) is 0 Å². The Bertz CT molecular complexity index is 252. The normalized spacial score (nSPS) is 22.5. The zero-order chi connectivity index (χ0) is 12.9. The Morgan fingerprint density at radius 1 is 1.53 bits per heavy atom. The molecule has 7 heteroatoms. The van der Waals surface area contributed by atoms with Crippen LogP contribution in [0.2, 0.25) is 0 Å². The van der Waals surface area contributed by atoms with Gasteiger partial charge in [-0.05, 0) is 19.3 Å². The second kappa shape index (κ2) is 6.20. The lowest BCUT2D eigenvalue weighted by Crippen LogP contribution is -2.46. The average molecular weight is 254 g/mol. The number of rotatable bonds is 5. The maximum atomic E-state index is 11.9. The van der Waals surface area contributed by atoms with Crippen molar-refractivity contribution < 1.29 is 22.7 Å². The van der Waals surface area contributed by atoms with Crippen LogP contribution < -0.4 is 10.6 Å². The molecule has 0 aliphatic carbocycles. The van der Waals surface area contributed by atoms with Gasteiger partial charge in [-0.3, -0.25) is 4.79 Å². The molecule has 0 aromatic carbocycles. The lowest BCUT2D eigenvalue weighted by Gasteiger charge is -2.16. The van der Waals surface area contributed by atoms with Crippen molar-refractivity contribution in [2.45, 2.75) is 25.6 Å². The van der Waals surface area contributed by atoms with Crippen LogP contribution in [0.4, 0.5) is 13.2 Å². The van der Waals surface area contributed by atoms with E-state index in [1.54, 1.807) is 6.92 Å². The third kappa shape index (κ3) is 5.88. The predicted octanol–water partition coefficient (Wildman–Crippen LogP) is 0.679. The Morgan fingerprint density at radius 3 is 2.76 bits per heavy atom. The van der Waals surface area contributed by atoms with Gasteiger partial charge in [0.1, 0.15) is 6.54 Å². The molecule has 1 amide bonds. The summed E-state index contributed by atoms with van der Waals surface area (Å²) in [5.74, 6) is -0.297. The van der Waals surface area contributed by atoms with Crippen LogP contribution in [-0.4, -0.2) is 44.4 Å². The van der Waals surface area contributed by atoms with Gasteiger partial charge in [-0.1, -0.05) is 0 Å². The standard InChI is InChI=1S/C10H17F3N2O2/c1-7(9(16)15-6-10(11,12)13)14-4-8-2-3-17-5-8/h7-8,14H,2-6H2,1H3,(H,15,16). The van der Waals surface area contributed by atoms with E-state index in [1.165, 1.54) is 0 Å². The zero-order valence-corrected chi connectivity index (χ0v) is 9.64. The summed E-state index contributed by atoms with van der Waals surface area (Å²) < 4.78 is 40.7. The van der Waals surface area contributed by atoms with Gasteiger partial charge < -0.3 is 15.4 Å². The third-order valence-corrected chi connectivity index (χ3v) is 2.59. The highest BCUT2D eigenvalue weighted by Crippen LogP contribution is 2.12. The number of halogens is 3. The first-order chi connectivity index (χ1) is 7.88. The van der Waals surface area contributed by atoms with Crippen molar-refractivity contribution >= 4 is 5.91 Å². The van der Waals surface area contributed by atoms with Crippen LogP contribution >= 0.6 is 0 Å². The average Bonchev–Trinajstić information content (AvgIpc) is 2.74. The second-order valence-electron chi connectivity index (χ2n) is 4.19. The molecule has 1 heterocycles. The van der Waals surface area contributed by atoms with Crippen LogP contribution in [0.5, 0.6) is 0 Å². The van der Waals surface area contributed by atoms with Crippen LogP contribution in [0, 0.1) is 5.92 Å². The maximum Gasteiger partial charge on any atom is 0.405 e. The highest BCUT2D eigenvalue weighted by molar-refractivity contribution is 5.81. The molecule has 2 atom stereocenters. The zero-order valence-electron chi connectivity index (χ0n) is 9.64. The summed E-state index contributed by atoms with van der Waals surface area (Å²) >= 11 is 0. The summed E-state index contributed by atoms with van der Waals surface area (Å²) in [6.45, 7) is 2.19. The van der Waals surface area contributed by atoms with Crippen molar-refractivity contribution in [3.05, 3.63) is 0 Å². The van der Waals surface area contributed by atoms with E-state index in [0.717, 1.165) is 6.42 Å².